The van der Waals surface area contributed by atoms with Crippen LogP contribution < -0.4 is 10.6 Å². The summed E-state index contributed by atoms with van der Waals surface area (Å²) in [5.41, 5.74) is 1.75. The zero-order valence-electron chi connectivity index (χ0n) is 24.6. The Bertz CT molecular complexity index is 1420. The molecule has 0 radical (unpaired) electrons. The van der Waals surface area contributed by atoms with Gasteiger partial charge in [0.1, 0.15) is 17.6 Å². The topological polar surface area (TPSA) is 154 Å². The summed E-state index contributed by atoms with van der Waals surface area (Å²) in [4.78, 5) is 62.6. The largest absolute Gasteiger partial charge is 0.481 e. The second-order valence-electron chi connectivity index (χ2n) is 10.1. The summed E-state index contributed by atoms with van der Waals surface area (Å²) in [6, 6.07) is 19.2. The van der Waals surface area contributed by atoms with E-state index >= 15 is 0 Å². The second kappa shape index (κ2) is 16.2. The molecule has 2 aromatic carbocycles. The minimum Gasteiger partial charge on any atom is -0.481 e. The number of carboxylic acids is 1. The fourth-order valence-electron chi connectivity index (χ4n) is 4.70. The predicted octanol–water partition coefficient (Wildman–Crippen LogP) is 4.00. The summed E-state index contributed by atoms with van der Waals surface area (Å²) >= 11 is 0. The average Bonchev–Trinajstić information content (AvgIpc) is 3.03. The first kappa shape index (κ1) is 33.8. The van der Waals surface area contributed by atoms with Crippen LogP contribution in [0.15, 0.2) is 66.7 Å². The number of carboxylic acid groups (broad SMARTS) is 1. The third-order valence-corrected chi connectivity index (χ3v) is 7.02. The standard InChI is InChI=1S/C31H36N6O6.ClH/c1-3-43-31(42)37-18-16-36(17-19-37)30(41)24(14-15-27(38)39)34-29(40)25-20-26(32-21(2)22-10-6-4-7-11-22)35-28(33-25)23-12-8-5-9-13-23;/h4-13,20-21,24H,3,14-19H2,1-2H3,(H,34,40)(H,38,39)(H,32,33,35);1H/t21-,24?;/m0./s1. The number of rotatable bonds is 11. The summed E-state index contributed by atoms with van der Waals surface area (Å²) in [5.74, 6) is -1.41. The minimum atomic E-state index is -1.10. The lowest BCUT2D eigenvalue weighted by molar-refractivity contribution is -0.138. The van der Waals surface area contributed by atoms with E-state index in [-0.39, 0.29) is 69.8 Å². The molecule has 44 heavy (non-hydrogen) atoms. The molecular formula is C31H37ClN6O6. The van der Waals surface area contributed by atoms with Gasteiger partial charge < -0.3 is 30.3 Å². The van der Waals surface area contributed by atoms with Crippen LogP contribution in [-0.2, 0) is 14.3 Å². The van der Waals surface area contributed by atoms with Gasteiger partial charge in [0, 0.05) is 50.3 Å². The number of carbonyl (C=O) groups is 4. The Morgan fingerprint density at radius 3 is 2.16 bits per heavy atom. The van der Waals surface area contributed by atoms with Gasteiger partial charge in [-0.25, -0.2) is 14.8 Å². The molecule has 3 amide bonds. The number of piperazine rings is 1. The Morgan fingerprint density at radius 1 is 0.932 bits per heavy atom. The van der Waals surface area contributed by atoms with Crippen LogP contribution in [0.1, 0.15) is 48.8 Å². The van der Waals surface area contributed by atoms with Crippen molar-refractivity contribution in [1.82, 2.24) is 25.1 Å². The van der Waals surface area contributed by atoms with Gasteiger partial charge in [-0.15, -0.1) is 12.4 Å². The number of benzene rings is 2. The number of amides is 3. The lowest BCUT2D eigenvalue weighted by Crippen LogP contribution is -2.56. The predicted molar refractivity (Wildman–Crippen MR) is 166 cm³/mol. The highest BCUT2D eigenvalue weighted by Crippen LogP contribution is 2.22. The molecule has 1 saturated heterocycles. The van der Waals surface area contributed by atoms with Crippen molar-refractivity contribution in [3.8, 4) is 11.4 Å². The van der Waals surface area contributed by atoms with Crippen LogP contribution >= 0.6 is 12.4 Å². The van der Waals surface area contributed by atoms with Crippen molar-refractivity contribution in [1.29, 1.82) is 0 Å². The molecule has 1 aromatic heterocycles. The van der Waals surface area contributed by atoms with Gasteiger partial charge in [0.25, 0.3) is 5.91 Å². The Balaban J connectivity index is 0.00000529. The average molecular weight is 625 g/mol. The molecule has 0 aliphatic carbocycles. The maximum atomic E-state index is 13.6. The zero-order valence-corrected chi connectivity index (χ0v) is 25.5. The van der Waals surface area contributed by atoms with Gasteiger partial charge >= 0.3 is 12.1 Å². The Labute approximate surface area is 262 Å². The summed E-state index contributed by atoms with van der Waals surface area (Å²) < 4.78 is 5.04. The maximum Gasteiger partial charge on any atom is 0.409 e. The van der Waals surface area contributed by atoms with E-state index in [2.05, 4.69) is 20.6 Å². The van der Waals surface area contributed by atoms with Gasteiger partial charge in [0.2, 0.25) is 5.91 Å². The van der Waals surface area contributed by atoms with Gasteiger partial charge in [-0.2, -0.15) is 0 Å². The van der Waals surface area contributed by atoms with E-state index in [1.54, 1.807) is 6.92 Å². The second-order valence-corrected chi connectivity index (χ2v) is 10.1. The van der Waals surface area contributed by atoms with Crippen molar-refractivity contribution in [2.24, 2.45) is 0 Å². The fraction of sp³-hybridized carbons (Fsp3) is 0.355. The number of nitrogens with zero attached hydrogens (tertiary/aromatic N) is 4. The van der Waals surface area contributed by atoms with Crippen molar-refractivity contribution in [2.75, 3.05) is 38.1 Å². The number of nitrogens with one attached hydrogen (secondary N) is 2. The first-order chi connectivity index (χ1) is 20.7. The molecule has 2 heterocycles. The Morgan fingerprint density at radius 2 is 1.55 bits per heavy atom. The molecule has 3 aromatic rings. The van der Waals surface area contributed by atoms with Crippen molar-refractivity contribution < 1.29 is 29.0 Å². The van der Waals surface area contributed by atoms with E-state index in [0.29, 0.717) is 17.2 Å². The molecule has 4 rings (SSSR count). The lowest BCUT2D eigenvalue weighted by atomic mass is 10.1. The molecule has 1 fully saturated rings. The lowest BCUT2D eigenvalue weighted by Gasteiger charge is -2.35. The number of hydrogen-bond donors (Lipinski definition) is 3. The van der Waals surface area contributed by atoms with Crippen molar-refractivity contribution >= 4 is 42.1 Å². The summed E-state index contributed by atoms with van der Waals surface area (Å²) in [5, 5.41) is 15.3. The number of ether oxygens (including phenoxy) is 1. The molecule has 1 aliphatic heterocycles. The third kappa shape index (κ3) is 9.14. The molecule has 1 unspecified atom stereocenters. The highest BCUT2D eigenvalue weighted by atomic mass is 35.5. The zero-order chi connectivity index (χ0) is 30.8. The maximum absolute atomic E-state index is 13.6. The van der Waals surface area contributed by atoms with E-state index in [4.69, 9.17) is 4.74 Å². The van der Waals surface area contributed by atoms with Crippen LogP contribution in [0.3, 0.4) is 0 Å². The third-order valence-electron chi connectivity index (χ3n) is 7.02. The summed E-state index contributed by atoms with van der Waals surface area (Å²) in [6.07, 6.45) is -0.876. The molecule has 13 heteroatoms. The molecule has 234 valence electrons. The number of aromatic nitrogens is 2. The highest BCUT2D eigenvalue weighted by molar-refractivity contribution is 5.97. The van der Waals surface area contributed by atoms with Crippen LogP contribution in [0.5, 0.6) is 0 Å². The molecule has 3 N–H and O–H groups in total. The molecule has 1 aliphatic rings. The molecule has 0 spiro atoms. The van der Waals surface area contributed by atoms with Crippen LogP contribution in [0.2, 0.25) is 0 Å². The van der Waals surface area contributed by atoms with Gasteiger partial charge in [-0.05, 0) is 25.8 Å². The molecular weight excluding hydrogens is 588 g/mol. The van der Waals surface area contributed by atoms with Crippen LogP contribution in [0.4, 0.5) is 10.6 Å². The summed E-state index contributed by atoms with van der Waals surface area (Å²) in [7, 11) is 0. The first-order valence-corrected chi connectivity index (χ1v) is 14.2. The van der Waals surface area contributed by atoms with Gasteiger partial charge in [0.15, 0.2) is 5.82 Å². The molecule has 0 saturated carbocycles. The number of hydrogen-bond acceptors (Lipinski definition) is 8. The fourth-order valence-corrected chi connectivity index (χ4v) is 4.70. The van der Waals surface area contributed by atoms with Gasteiger partial charge in [0.05, 0.1) is 6.61 Å². The molecule has 12 nitrogen and oxygen atoms in total. The van der Waals surface area contributed by atoms with E-state index in [1.165, 1.54) is 15.9 Å². The SMILES string of the molecule is CCOC(=O)N1CCN(C(=O)C(CCC(=O)O)NC(=O)c2cc(N[C@@H](C)c3ccccc3)nc(-c3ccccc3)n2)CC1.Cl. The monoisotopic (exact) mass is 624 g/mol. The quantitative estimate of drug-likeness (QED) is 0.287. The van der Waals surface area contributed by atoms with E-state index in [0.717, 1.165) is 5.56 Å². The van der Waals surface area contributed by atoms with E-state index < -0.39 is 29.9 Å². The highest BCUT2D eigenvalue weighted by Gasteiger charge is 2.31. The van der Waals surface area contributed by atoms with Gasteiger partial charge in [-0.1, -0.05) is 60.7 Å². The summed E-state index contributed by atoms with van der Waals surface area (Å²) in [6.45, 7) is 4.94. The number of halogens is 1. The number of carbonyl (C=O) groups excluding carboxylic acids is 3. The van der Waals surface area contributed by atoms with Crippen molar-refractivity contribution in [3.63, 3.8) is 0 Å². The smallest absolute Gasteiger partial charge is 0.409 e. The Kier molecular flexibility index (Phi) is 12.5. The van der Waals surface area contributed by atoms with Gasteiger partial charge in [-0.3, -0.25) is 14.4 Å². The van der Waals surface area contributed by atoms with Crippen LogP contribution in [0, 0.1) is 0 Å². The van der Waals surface area contributed by atoms with Crippen molar-refractivity contribution in [3.05, 3.63) is 78.0 Å². The molecule has 2 atom stereocenters. The van der Waals surface area contributed by atoms with Crippen LogP contribution in [0.25, 0.3) is 11.4 Å². The Hall–Kier alpha value is -4.71. The normalized spacial score (nSPS) is 14.0. The van der Waals surface area contributed by atoms with E-state index in [9.17, 15) is 24.3 Å². The van der Waals surface area contributed by atoms with E-state index in [1.807, 2.05) is 67.6 Å². The van der Waals surface area contributed by atoms with Crippen molar-refractivity contribution in [2.45, 2.75) is 38.8 Å². The number of aliphatic carboxylic acids is 1. The minimum absolute atomic E-state index is 0. The van der Waals surface area contributed by atoms with Crippen LogP contribution in [-0.4, -0.2) is 87.6 Å². The first-order valence-electron chi connectivity index (χ1n) is 14.2. The number of anilines is 1. The molecule has 0 bridgehead atoms.